The fourth-order valence-electron chi connectivity index (χ4n) is 6.21. The van der Waals surface area contributed by atoms with Crippen LogP contribution in [0.25, 0.3) is 0 Å². The van der Waals surface area contributed by atoms with Crippen LogP contribution in [0.4, 0.5) is 0 Å². The minimum Gasteiger partial charge on any atom is -0.481 e. The van der Waals surface area contributed by atoms with Gasteiger partial charge in [0, 0.05) is 13.0 Å². The van der Waals surface area contributed by atoms with Crippen molar-refractivity contribution in [1.82, 2.24) is 5.32 Å². The molecule has 1 unspecified atom stereocenters. The predicted octanol–water partition coefficient (Wildman–Crippen LogP) is 9.02. The van der Waals surface area contributed by atoms with Gasteiger partial charge in [0.1, 0.15) is 0 Å². The molecule has 4 nitrogen and oxygen atoms in total. The Balaban J connectivity index is 4.64. The summed E-state index contributed by atoms with van der Waals surface area (Å²) in [5.41, 5.74) is 1.51. The number of rotatable bonds is 18. The SMILES string of the molecule is CC(C)(C)CC(C)(C)CCCCC(CCCCNC(=O)CCC(=O)O)CCC(C)(C)CC(C)(C)C. The van der Waals surface area contributed by atoms with Crippen molar-refractivity contribution in [3.8, 4) is 0 Å². The summed E-state index contributed by atoms with van der Waals surface area (Å²) in [5.74, 6) is -0.312. The van der Waals surface area contributed by atoms with Gasteiger partial charge >= 0.3 is 5.97 Å². The van der Waals surface area contributed by atoms with Crippen LogP contribution in [-0.2, 0) is 9.59 Å². The van der Waals surface area contributed by atoms with E-state index < -0.39 is 5.97 Å². The van der Waals surface area contributed by atoms with Crippen molar-refractivity contribution < 1.29 is 14.7 Å². The van der Waals surface area contributed by atoms with Gasteiger partial charge in [0.2, 0.25) is 5.91 Å². The first kappa shape index (κ1) is 33.9. The van der Waals surface area contributed by atoms with E-state index in [9.17, 15) is 9.59 Å². The van der Waals surface area contributed by atoms with Crippen molar-refractivity contribution in [3.05, 3.63) is 0 Å². The number of carboxylic acid groups (broad SMARTS) is 1. The first-order chi connectivity index (χ1) is 15.8. The van der Waals surface area contributed by atoms with Gasteiger partial charge in [-0.3, -0.25) is 9.59 Å². The number of aliphatic carboxylic acids is 1. The van der Waals surface area contributed by atoms with E-state index in [1.54, 1.807) is 0 Å². The van der Waals surface area contributed by atoms with Crippen LogP contribution >= 0.6 is 0 Å². The topological polar surface area (TPSA) is 66.4 Å². The number of carboxylic acids is 1. The molecule has 2 N–H and O–H groups in total. The van der Waals surface area contributed by atoms with E-state index in [1.807, 2.05) is 0 Å². The molecule has 4 heteroatoms. The van der Waals surface area contributed by atoms with Gasteiger partial charge in [-0.15, -0.1) is 0 Å². The highest BCUT2D eigenvalue weighted by Gasteiger charge is 2.27. The van der Waals surface area contributed by atoms with Crippen LogP contribution in [-0.4, -0.2) is 23.5 Å². The van der Waals surface area contributed by atoms with Gasteiger partial charge in [0.15, 0.2) is 0 Å². The summed E-state index contributed by atoms with van der Waals surface area (Å²) >= 11 is 0. The lowest BCUT2D eigenvalue weighted by atomic mass is 9.72. The molecule has 0 rings (SSSR count). The maximum Gasteiger partial charge on any atom is 0.303 e. The monoisotopic (exact) mass is 495 g/mol. The van der Waals surface area contributed by atoms with Gasteiger partial charge in [-0.2, -0.15) is 0 Å². The predicted molar refractivity (Wildman–Crippen MR) is 151 cm³/mol. The number of carbonyl (C=O) groups excluding carboxylic acids is 1. The molecule has 0 saturated heterocycles. The highest BCUT2D eigenvalue weighted by Crippen LogP contribution is 2.40. The lowest BCUT2D eigenvalue weighted by Crippen LogP contribution is -2.25. The summed E-state index contributed by atoms with van der Waals surface area (Å²) in [7, 11) is 0. The minimum atomic E-state index is -0.917. The van der Waals surface area contributed by atoms with Crippen molar-refractivity contribution >= 4 is 11.9 Å². The molecule has 0 aliphatic rings. The zero-order valence-corrected chi connectivity index (χ0v) is 25.2. The molecule has 0 aliphatic heterocycles. The molecule has 0 bridgehead atoms. The van der Waals surface area contributed by atoms with Crippen molar-refractivity contribution in [3.63, 3.8) is 0 Å². The van der Waals surface area contributed by atoms with Crippen LogP contribution in [0.1, 0.15) is 153 Å². The van der Waals surface area contributed by atoms with Gasteiger partial charge in [0.05, 0.1) is 6.42 Å². The molecule has 208 valence electrons. The highest BCUT2D eigenvalue weighted by molar-refractivity contribution is 5.80. The van der Waals surface area contributed by atoms with Crippen molar-refractivity contribution in [2.24, 2.45) is 27.6 Å². The lowest BCUT2D eigenvalue weighted by molar-refractivity contribution is -0.138. The highest BCUT2D eigenvalue weighted by atomic mass is 16.4. The number of amides is 1. The summed E-state index contributed by atoms with van der Waals surface area (Å²) < 4.78 is 0. The summed E-state index contributed by atoms with van der Waals surface area (Å²) in [4.78, 5) is 22.3. The van der Waals surface area contributed by atoms with E-state index >= 15 is 0 Å². The standard InChI is InChI=1S/C31H61NO3/c1-28(2,3)23-30(7,8)20-13-11-15-25(19-21-31(9,10)24-29(4,5)6)16-12-14-22-32-26(33)17-18-27(34)35/h25H,11-24H2,1-10H3,(H,32,33)(H,34,35). The Labute approximate surface area is 218 Å². The van der Waals surface area contributed by atoms with Crippen LogP contribution in [0.15, 0.2) is 0 Å². The maximum atomic E-state index is 11.7. The molecule has 0 heterocycles. The molecule has 0 aromatic carbocycles. The number of nitrogens with one attached hydrogen (secondary N) is 1. The summed E-state index contributed by atoms with van der Waals surface area (Å²) in [6.45, 7) is 24.4. The molecule has 1 amide bonds. The molecule has 0 saturated carbocycles. The van der Waals surface area contributed by atoms with Crippen LogP contribution in [0.3, 0.4) is 0 Å². The summed E-state index contributed by atoms with van der Waals surface area (Å²) in [6.07, 6.45) is 13.6. The van der Waals surface area contributed by atoms with Crippen molar-refractivity contribution in [1.29, 1.82) is 0 Å². The van der Waals surface area contributed by atoms with E-state index in [4.69, 9.17) is 5.11 Å². The fourth-order valence-corrected chi connectivity index (χ4v) is 6.21. The maximum absolute atomic E-state index is 11.7. The van der Waals surface area contributed by atoms with E-state index in [2.05, 4.69) is 74.6 Å². The molecule has 0 aromatic rings. The third-order valence-electron chi connectivity index (χ3n) is 6.89. The third kappa shape index (κ3) is 21.9. The molecule has 0 radical (unpaired) electrons. The Bertz CT molecular complexity index is 608. The zero-order chi connectivity index (χ0) is 27.3. The van der Waals surface area contributed by atoms with Crippen LogP contribution in [0, 0.1) is 27.6 Å². The Kier molecular flexibility index (Phi) is 14.8. The minimum absolute atomic E-state index is 0.0758. The lowest BCUT2D eigenvalue weighted by Gasteiger charge is -2.34. The number of carbonyl (C=O) groups is 2. The molecule has 0 fully saturated rings. The molecule has 35 heavy (non-hydrogen) atoms. The largest absolute Gasteiger partial charge is 0.481 e. The fraction of sp³-hybridized carbons (Fsp3) is 0.935. The van der Waals surface area contributed by atoms with Gasteiger partial charge in [-0.05, 0) is 66.1 Å². The quantitative estimate of drug-likeness (QED) is 0.186. The van der Waals surface area contributed by atoms with Crippen molar-refractivity contribution in [2.45, 2.75) is 153 Å². The summed E-state index contributed by atoms with van der Waals surface area (Å²) in [6, 6.07) is 0. The molecule has 0 aromatic heterocycles. The normalized spacial score (nSPS) is 14.1. The Hall–Kier alpha value is -1.06. The van der Waals surface area contributed by atoms with Crippen LogP contribution in [0.2, 0.25) is 0 Å². The third-order valence-corrected chi connectivity index (χ3v) is 6.89. The van der Waals surface area contributed by atoms with Crippen LogP contribution < -0.4 is 5.32 Å². The Morgan fingerprint density at radius 1 is 0.657 bits per heavy atom. The Morgan fingerprint density at radius 2 is 1.14 bits per heavy atom. The molecular formula is C31H61NO3. The first-order valence-electron chi connectivity index (χ1n) is 14.3. The second kappa shape index (κ2) is 15.3. The molecule has 0 aliphatic carbocycles. The molecule has 0 spiro atoms. The molecule has 1 atom stereocenters. The van der Waals surface area contributed by atoms with Crippen molar-refractivity contribution in [2.75, 3.05) is 6.54 Å². The number of unbranched alkanes of at least 4 members (excludes halogenated alkanes) is 2. The average molecular weight is 496 g/mol. The smallest absolute Gasteiger partial charge is 0.303 e. The van der Waals surface area contributed by atoms with Crippen LogP contribution in [0.5, 0.6) is 0 Å². The van der Waals surface area contributed by atoms with Gasteiger partial charge < -0.3 is 10.4 Å². The molecular weight excluding hydrogens is 434 g/mol. The van der Waals surface area contributed by atoms with E-state index in [1.165, 1.54) is 57.8 Å². The first-order valence-corrected chi connectivity index (χ1v) is 14.3. The van der Waals surface area contributed by atoms with E-state index in [0.29, 0.717) is 28.2 Å². The van der Waals surface area contributed by atoms with Gasteiger partial charge in [-0.25, -0.2) is 0 Å². The second-order valence-electron chi connectivity index (χ2n) is 15.2. The second-order valence-corrected chi connectivity index (χ2v) is 15.2. The average Bonchev–Trinajstić information content (AvgIpc) is 2.62. The zero-order valence-electron chi connectivity index (χ0n) is 25.2. The van der Waals surface area contributed by atoms with E-state index in [0.717, 1.165) is 18.8 Å². The summed E-state index contributed by atoms with van der Waals surface area (Å²) in [5, 5.41) is 11.6. The number of hydrogen-bond donors (Lipinski definition) is 2. The van der Waals surface area contributed by atoms with Gasteiger partial charge in [-0.1, -0.05) is 101 Å². The van der Waals surface area contributed by atoms with Gasteiger partial charge in [0.25, 0.3) is 0 Å². The Morgan fingerprint density at radius 3 is 1.63 bits per heavy atom. The number of hydrogen-bond acceptors (Lipinski definition) is 2. The van der Waals surface area contributed by atoms with E-state index in [-0.39, 0.29) is 18.7 Å².